The summed E-state index contributed by atoms with van der Waals surface area (Å²) in [5, 5.41) is 2.41. The Morgan fingerprint density at radius 3 is 2.35 bits per heavy atom. The zero-order valence-corrected chi connectivity index (χ0v) is 14.8. The van der Waals surface area contributed by atoms with Crippen LogP contribution in [0.1, 0.15) is 34.4 Å². The fourth-order valence-electron chi connectivity index (χ4n) is 2.37. The van der Waals surface area contributed by atoms with Crippen molar-refractivity contribution in [2.75, 3.05) is 5.32 Å². The molecule has 8 heteroatoms. The molecule has 140 valence electrons. The van der Waals surface area contributed by atoms with Gasteiger partial charge in [0.15, 0.2) is 6.10 Å². The molecule has 1 N–H and O–H groups in total. The second kappa shape index (κ2) is 7.99. The molecule has 0 saturated heterocycles. The number of para-hydroxylation sites is 2. The molecule has 2 rings (SSSR count). The third-order valence-electron chi connectivity index (χ3n) is 3.78. The van der Waals surface area contributed by atoms with Gasteiger partial charge in [0, 0.05) is 5.56 Å². The van der Waals surface area contributed by atoms with Crippen molar-refractivity contribution in [1.82, 2.24) is 0 Å². The zero-order valence-electron chi connectivity index (χ0n) is 14.8. The summed E-state index contributed by atoms with van der Waals surface area (Å²) in [6, 6.07) is 5.73. The number of furan rings is 1. The van der Waals surface area contributed by atoms with Crippen molar-refractivity contribution in [2.45, 2.75) is 40.4 Å². The highest BCUT2D eigenvalue weighted by Gasteiger charge is 2.25. The number of nitrogens with one attached hydrogen (secondary N) is 1. The van der Waals surface area contributed by atoms with Gasteiger partial charge in [-0.05, 0) is 39.8 Å². The van der Waals surface area contributed by atoms with Crippen molar-refractivity contribution >= 4 is 17.6 Å². The van der Waals surface area contributed by atoms with Gasteiger partial charge in [-0.15, -0.1) is 0 Å². The molecule has 2 aromatic rings. The number of alkyl halides is 2. The van der Waals surface area contributed by atoms with Gasteiger partial charge < -0.3 is 19.2 Å². The second-order valence-corrected chi connectivity index (χ2v) is 5.63. The van der Waals surface area contributed by atoms with Crippen molar-refractivity contribution in [1.29, 1.82) is 0 Å². The molecule has 0 bridgehead atoms. The fourth-order valence-corrected chi connectivity index (χ4v) is 2.37. The molecule has 1 amide bonds. The summed E-state index contributed by atoms with van der Waals surface area (Å²) in [4.78, 5) is 24.5. The van der Waals surface area contributed by atoms with Gasteiger partial charge in [0.1, 0.15) is 22.8 Å². The van der Waals surface area contributed by atoms with Gasteiger partial charge >= 0.3 is 12.6 Å². The minimum atomic E-state index is -3.03. The van der Waals surface area contributed by atoms with Crippen molar-refractivity contribution in [3.8, 4) is 5.75 Å². The number of aryl methyl sites for hydroxylation is 2. The number of ether oxygens (including phenoxy) is 2. The zero-order chi connectivity index (χ0) is 19.4. The Morgan fingerprint density at radius 1 is 1.12 bits per heavy atom. The molecule has 1 atom stereocenters. The molecule has 0 spiro atoms. The number of carbonyl (C=O) groups is 2. The Bertz CT molecular complexity index is 816. The van der Waals surface area contributed by atoms with E-state index in [1.54, 1.807) is 26.8 Å². The number of rotatable bonds is 6. The summed E-state index contributed by atoms with van der Waals surface area (Å²) in [7, 11) is 0. The Balaban J connectivity index is 2.08. The maximum Gasteiger partial charge on any atom is 0.387 e. The number of halogens is 2. The number of benzene rings is 1. The molecule has 1 heterocycles. The number of esters is 1. The monoisotopic (exact) mass is 367 g/mol. The first kappa shape index (κ1) is 19.4. The highest BCUT2D eigenvalue weighted by Crippen LogP contribution is 2.26. The van der Waals surface area contributed by atoms with Crippen molar-refractivity contribution in [3.63, 3.8) is 0 Å². The normalized spacial score (nSPS) is 12.0. The Morgan fingerprint density at radius 2 is 1.77 bits per heavy atom. The van der Waals surface area contributed by atoms with Crippen LogP contribution >= 0.6 is 0 Å². The number of hydrogen-bond acceptors (Lipinski definition) is 5. The van der Waals surface area contributed by atoms with Crippen molar-refractivity contribution in [2.24, 2.45) is 0 Å². The lowest BCUT2D eigenvalue weighted by molar-refractivity contribution is -0.123. The largest absolute Gasteiger partial charge is 0.465 e. The molecule has 6 nitrogen and oxygen atoms in total. The van der Waals surface area contributed by atoms with Crippen LogP contribution in [-0.2, 0) is 9.53 Å². The third-order valence-corrected chi connectivity index (χ3v) is 3.78. The van der Waals surface area contributed by atoms with Gasteiger partial charge in [-0.25, -0.2) is 4.79 Å². The van der Waals surface area contributed by atoms with Crippen LogP contribution in [0.15, 0.2) is 28.7 Å². The minimum Gasteiger partial charge on any atom is -0.465 e. The number of hydrogen-bond donors (Lipinski definition) is 1. The topological polar surface area (TPSA) is 77.8 Å². The first-order chi connectivity index (χ1) is 12.2. The SMILES string of the molecule is Cc1oc(C)c(C(=O)OC(C)C(=O)Nc2ccccc2OC(F)F)c1C. The molecule has 1 aromatic heterocycles. The summed E-state index contributed by atoms with van der Waals surface area (Å²) >= 11 is 0. The summed E-state index contributed by atoms with van der Waals surface area (Å²) < 4.78 is 39.7. The van der Waals surface area contributed by atoms with Crippen LogP contribution < -0.4 is 10.1 Å². The van der Waals surface area contributed by atoms with Crippen molar-refractivity contribution < 1.29 is 32.3 Å². The van der Waals surface area contributed by atoms with Crippen LogP contribution in [0, 0.1) is 20.8 Å². The lowest BCUT2D eigenvalue weighted by Gasteiger charge is -2.15. The van der Waals surface area contributed by atoms with E-state index in [1.807, 2.05) is 0 Å². The molecular weight excluding hydrogens is 348 g/mol. The second-order valence-electron chi connectivity index (χ2n) is 5.63. The summed E-state index contributed by atoms with van der Waals surface area (Å²) in [6.45, 7) is 3.40. The van der Waals surface area contributed by atoms with Gasteiger partial charge in [0.2, 0.25) is 0 Å². The molecule has 26 heavy (non-hydrogen) atoms. The first-order valence-corrected chi connectivity index (χ1v) is 7.83. The van der Waals surface area contributed by atoms with E-state index in [-0.39, 0.29) is 17.0 Å². The van der Waals surface area contributed by atoms with Crippen LogP contribution in [0.3, 0.4) is 0 Å². The van der Waals surface area contributed by atoms with E-state index in [1.165, 1.54) is 25.1 Å². The molecule has 0 aliphatic heterocycles. The van der Waals surface area contributed by atoms with E-state index in [2.05, 4.69) is 10.1 Å². The van der Waals surface area contributed by atoms with Crippen LogP contribution in [0.2, 0.25) is 0 Å². The molecule has 0 fully saturated rings. The summed E-state index contributed by atoms with van der Waals surface area (Å²) in [5.41, 5.74) is 0.951. The lowest BCUT2D eigenvalue weighted by Crippen LogP contribution is -2.30. The van der Waals surface area contributed by atoms with E-state index in [9.17, 15) is 18.4 Å². The van der Waals surface area contributed by atoms with Gasteiger partial charge in [0.25, 0.3) is 5.91 Å². The third kappa shape index (κ3) is 4.38. The highest BCUT2D eigenvalue weighted by atomic mass is 19.3. The van der Waals surface area contributed by atoms with Crippen molar-refractivity contribution in [3.05, 3.63) is 46.9 Å². The average Bonchev–Trinajstić information content (AvgIpc) is 2.81. The predicted octanol–water partition coefficient (Wildman–Crippen LogP) is 3.99. The lowest BCUT2D eigenvalue weighted by atomic mass is 10.1. The molecular formula is C18H19F2NO5. The average molecular weight is 367 g/mol. The van der Waals surface area contributed by atoms with Gasteiger partial charge in [-0.2, -0.15) is 8.78 Å². The molecule has 0 saturated carbocycles. The van der Waals surface area contributed by atoms with Crippen LogP contribution in [0.4, 0.5) is 14.5 Å². The van der Waals surface area contributed by atoms with Crippen LogP contribution in [0.5, 0.6) is 5.75 Å². The number of carbonyl (C=O) groups excluding carboxylic acids is 2. The van der Waals surface area contributed by atoms with Gasteiger partial charge in [-0.3, -0.25) is 4.79 Å². The van der Waals surface area contributed by atoms with Crippen LogP contribution in [-0.4, -0.2) is 24.6 Å². The fraction of sp³-hybridized carbons (Fsp3) is 0.333. The van der Waals surface area contributed by atoms with Crippen LogP contribution in [0.25, 0.3) is 0 Å². The van der Waals surface area contributed by atoms with E-state index < -0.39 is 24.6 Å². The number of amides is 1. The van der Waals surface area contributed by atoms with Gasteiger partial charge in [0.05, 0.1) is 5.69 Å². The molecule has 0 aliphatic carbocycles. The van der Waals surface area contributed by atoms with E-state index in [0.29, 0.717) is 17.1 Å². The van der Waals surface area contributed by atoms with E-state index >= 15 is 0 Å². The maximum atomic E-state index is 12.4. The summed E-state index contributed by atoms with van der Waals surface area (Å²) in [6.07, 6.45) is -1.16. The molecule has 0 radical (unpaired) electrons. The molecule has 0 aliphatic rings. The minimum absolute atomic E-state index is 0.0483. The predicted molar refractivity (Wildman–Crippen MR) is 89.5 cm³/mol. The smallest absolute Gasteiger partial charge is 0.387 e. The van der Waals surface area contributed by atoms with E-state index in [0.717, 1.165) is 0 Å². The maximum absolute atomic E-state index is 12.4. The Hall–Kier alpha value is -2.90. The standard InChI is InChI=1S/C18H19F2NO5/c1-9-10(2)24-11(3)15(9)17(23)25-12(4)16(22)21-13-7-5-6-8-14(13)26-18(19)20/h5-8,12,18H,1-4H3,(H,21,22). The quantitative estimate of drug-likeness (QED) is 0.781. The summed E-state index contributed by atoms with van der Waals surface area (Å²) in [5.74, 6) is -0.583. The Kier molecular flexibility index (Phi) is 5.97. The van der Waals surface area contributed by atoms with E-state index in [4.69, 9.17) is 9.15 Å². The highest BCUT2D eigenvalue weighted by molar-refractivity contribution is 5.99. The number of anilines is 1. The molecule has 1 unspecified atom stereocenters. The molecule has 1 aromatic carbocycles. The first-order valence-electron chi connectivity index (χ1n) is 7.83. The Labute approximate surface area is 149 Å². The van der Waals surface area contributed by atoms with Gasteiger partial charge in [-0.1, -0.05) is 12.1 Å².